The highest BCUT2D eigenvalue weighted by Gasteiger charge is 2.39. The van der Waals surface area contributed by atoms with Crippen LogP contribution in [0.3, 0.4) is 0 Å². The molecule has 0 unspecified atom stereocenters. The third-order valence-electron chi connectivity index (χ3n) is 3.37. The first kappa shape index (κ1) is 13.2. The molecule has 2 aromatic rings. The summed E-state index contributed by atoms with van der Waals surface area (Å²) in [7, 11) is 0. The smallest absolute Gasteiger partial charge is 0.235 e. The zero-order valence-electron chi connectivity index (χ0n) is 11.4. The van der Waals surface area contributed by atoms with Crippen LogP contribution in [0.4, 0.5) is 5.95 Å². The van der Waals surface area contributed by atoms with E-state index in [-0.39, 0.29) is 5.91 Å². The van der Waals surface area contributed by atoms with Gasteiger partial charge >= 0.3 is 0 Å². The monoisotopic (exact) mass is 282 g/mol. The summed E-state index contributed by atoms with van der Waals surface area (Å²) in [6.07, 6.45) is 9.23. The summed E-state index contributed by atoms with van der Waals surface area (Å²) >= 11 is 0. The molecule has 0 aliphatic carbocycles. The molecule has 2 aromatic heterocycles. The first-order chi connectivity index (χ1) is 10.2. The van der Waals surface area contributed by atoms with Gasteiger partial charge in [-0.05, 0) is 12.1 Å². The highest BCUT2D eigenvalue weighted by Crippen LogP contribution is 2.37. The lowest BCUT2D eigenvalue weighted by Gasteiger charge is -2.08. The van der Waals surface area contributed by atoms with Crippen LogP contribution in [0.1, 0.15) is 25.7 Å². The van der Waals surface area contributed by atoms with Crippen LogP contribution < -0.4 is 5.32 Å². The third-order valence-corrected chi connectivity index (χ3v) is 3.37. The lowest BCUT2D eigenvalue weighted by Crippen LogP contribution is -2.18. The Morgan fingerprint density at radius 2 is 2.19 bits per heavy atom. The van der Waals surface area contributed by atoms with Gasteiger partial charge in [-0.25, -0.2) is 0 Å². The second kappa shape index (κ2) is 5.32. The zero-order valence-corrected chi connectivity index (χ0v) is 11.4. The van der Waals surface area contributed by atoms with E-state index < -0.39 is 5.66 Å². The Kier molecular flexibility index (Phi) is 3.36. The maximum atomic E-state index is 12.0. The van der Waals surface area contributed by atoms with Gasteiger partial charge in [-0.1, -0.05) is 6.07 Å². The molecule has 1 aliphatic rings. The van der Waals surface area contributed by atoms with Crippen LogP contribution in [0.2, 0.25) is 0 Å². The number of terminal acetylenes is 1. The summed E-state index contributed by atoms with van der Waals surface area (Å²) in [5, 5.41) is 18.7. The molecular weight excluding hydrogens is 268 g/mol. The van der Waals surface area contributed by atoms with Crippen LogP contribution in [0.5, 0.6) is 0 Å². The van der Waals surface area contributed by atoms with E-state index in [0.29, 0.717) is 37.3 Å². The summed E-state index contributed by atoms with van der Waals surface area (Å²) in [6, 6.07) is 5.53. The fourth-order valence-electron chi connectivity index (χ4n) is 2.10. The van der Waals surface area contributed by atoms with E-state index in [0.717, 1.165) is 0 Å². The topological polar surface area (TPSA) is 84.0 Å². The summed E-state index contributed by atoms with van der Waals surface area (Å²) in [4.78, 5) is 12.0. The largest absolute Gasteiger partial charge is 0.294 e. The van der Waals surface area contributed by atoms with Crippen molar-refractivity contribution in [2.24, 2.45) is 10.2 Å². The lowest BCUT2D eigenvalue weighted by atomic mass is 10.0. The molecule has 0 fully saturated rings. The molecule has 21 heavy (non-hydrogen) atoms. The molecule has 7 heteroatoms. The molecule has 0 spiro atoms. The number of amides is 1. The van der Waals surface area contributed by atoms with Crippen LogP contribution in [-0.4, -0.2) is 26.2 Å². The van der Waals surface area contributed by atoms with Gasteiger partial charge in [0.15, 0.2) is 11.3 Å². The van der Waals surface area contributed by atoms with Gasteiger partial charge in [-0.2, -0.15) is 10.2 Å². The molecule has 0 bridgehead atoms. The highest BCUT2D eigenvalue weighted by molar-refractivity contribution is 5.89. The Morgan fingerprint density at radius 3 is 2.95 bits per heavy atom. The first-order valence-corrected chi connectivity index (χ1v) is 6.70. The van der Waals surface area contributed by atoms with E-state index in [1.54, 1.807) is 10.6 Å². The molecule has 0 saturated heterocycles. The van der Waals surface area contributed by atoms with Gasteiger partial charge in [0, 0.05) is 31.9 Å². The third kappa shape index (κ3) is 2.89. The van der Waals surface area contributed by atoms with E-state index in [4.69, 9.17) is 6.42 Å². The molecule has 106 valence electrons. The number of rotatable bonds is 6. The van der Waals surface area contributed by atoms with Crippen LogP contribution in [0.25, 0.3) is 5.65 Å². The Morgan fingerprint density at radius 1 is 1.33 bits per heavy atom. The van der Waals surface area contributed by atoms with Gasteiger partial charge in [-0.3, -0.25) is 14.5 Å². The van der Waals surface area contributed by atoms with Gasteiger partial charge in [0.1, 0.15) is 0 Å². The molecule has 0 aromatic carbocycles. The molecule has 0 atom stereocenters. The fourth-order valence-corrected chi connectivity index (χ4v) is 2.10. The van der Waals surface area contributed by atoms with Gasteiger partial charge in [-0.15, -0.1) is 22.5 Å². The molecule has 3 heterocycles. The van der Waals surface area contributed by atoms with E-state index in [1.165, 1.54) is 0 Å². The van der Waals surface area contributed by atoms with Crippen LogP contribution >= 0.6 is 0 Å². The SMILES string of the molecule is C#CCCC1(CCC(=O)Nc2nnc3ccccn23)N=N1. The average Bonchev–Trinajstić information content (AvgIpc) is 3.18. The van der Waals surface area contributed by atoms with Gasteiger partial charge < -0.3 is 0 Å². The highest BCUT2D eigenvalue weighted by atomic mass is 16.1. The van der Waals surface area contributed by atoms with Crippen LogP contribution in [-0.2, 0) is 4.79 Å². The number of nitrogens with zero attached hydrogens (tertiary/aromatic N) is 5. The molecule has 1 amide bonds. The zero-order chi connectivity index (χ0) is 14.7. The minimum atomic E-state index is -0.434. The predicted octanol–water partition coefficient (Wildman–Crippen LogP) is 2.02. The number of carbonyl (C=O) groups excluding carboxylic acids is 1. The van der Waals surface area contributed by atoms with Crippen molar-refractivity contribution in [1.29, 1.82) is 0 Å². The second-order valence-electron chi connectivity index (χ2n) is 4.89. The Labute approximate surface area is 121 Å². The van der Waals surface area contributed by atoms with Crippen LogP contribution in [0, 0.1) is 12.3 Å². The van der Waals surface area contributed by atoms with Crippen LogP contribution in [0.15, 0.2) is 34.6 Å². The van der Waals surface area contributed by atoms with E-state index in [1.807, 2.05) is 18.2 Å². The number of carbonyl (C=O) groups is 1. The molecule has 3 rings (SSSR count). The Bertz CT molecular complexity index is 735. The van der Waals surface area contributed by atoms with Crippen molar-refractivity contribution in [2.75, 3.05) is 5.32 Å². The normalized spacial score (nSPS) is 14.8. The standard InChI is InChI=1S/C14H14N6O/c1-2-3-8-14(18-19-14)9-7-12(21)15-13-17-16-11-6-4-5-10-20(11)13/h1,4-6,10H,3,7-9H2,(H,15,17,21). The van der Waals surface area contributed by atoms with E-state index in [9.17, 15) is 4.79 Å². The molecule has 7 nitrogen and oxygen atoms in total. The quantitative estimate of drug-likeness (QED) is 0.823. The number of nitrogens with one attached hydrogen (secondary N) is 1. The number of pyridine rings is 1. The average molecular weight is 282 g/mol. The number of anilines is 1. The number of aromatic nitrogens is 3. The first-order valence-electron chi connectivity index (χ1n) is 6.70. The second-order valence-corrected chi connectivity index (χ2v) is 4.89. The molecule has 1 N–H and O–H groups in total. The number of fused-ring (bicyclic) bond motifs is 1. The van der Waals surface area contributed by atoms with Crippen molar-refractivity contribution in [1.82, 2.24) is 14.6 Å². The maximum Gasteiger partial charge on any atom is 0.235 e. The van der Waals surface area contributed by atoms with Crippen molar-refractivity contribution in [3.8, 4) is 12.3 Å². The molecule has 0 radical (unpaired) electrons. The molecule has 1 aliphatic heterocycles. The van der Waals surface area contributed by atoms with Gasteiger partial charge in [0.05, 0.1) is 0 Å². The summed E-state index contributed by atoms with van der Waals surface area (Å²) in [5.41, 5.74) is 0.252. The van der Waals surface area contributed by atoms with Crippen molar-refractivity contribution >= 4 is 17.5 Å². The number of hydrogen-bond donors (Lipinski definition) is 1. The molecular formula is C14H14N6O. The van der Waals surface area contributed by atoms with Crippen molar-refractivity contribution in [3.05, 3.63) is 24.4 Å². The van der Waals surface area contributed by atoms with E-state index >= 15 is 0 Å². The van der Waals surface area contributed by atoms with Gasteiger partial charge in [0.2, 0.25) is 11.9 Å². The minimum absolute atomic E-state index is 0.134. The number of hydrogen-bond acceptors (Lipinski definition) is 5. The minimum Gasteiger partial charge on any atom is -0.294 e. The van der Waals surface area contributed by atoms with Crippen molar-refractivity contribution in [2.45, 2.75) is 31.3 Å². The molecule has 0 saturated carbocycles. The summed E-state index contributed by atoms with van der Waals surface area (Å²) in [5.74, 6) is 2.85. The van der Waals surface area contributed by atoms with Crippen molar-refractivity contribution in [3.63, 3.8) is 0 Å². The maximum absolute atomic E-state index is 12.0. The Hall–Kier alpha value is -2.75. The predicted molar refractivity (Wildman–Crippen MR) is 76.5 cm³/mol. The summed E-state index contributed by atoms with van der Waals surface area (Å²) in [6.45, 7) is 0. The summed E-state index contributed by atoms with van der Waals surface area (Å²) < 4.78 is 1.72. The van der Waals surface area contributed by atoms with E-state index in [2.05, 4.69) is 31.7 Å². The fraction of sp³-hybridized carbons (Fsp3) is 0.357. The van der Waals surface area contributed by atoms with Crippen molar-refractivity contribution < 1.29 is 4.79 Å². The van der Waals surface area contributed by atoms with Gasteiger partial charge in [0.25, 0.3) is 0 Å². The lowest BCUT2D eigenvalue weighted by molar-refractivity contribution is -0.116. The Balaban J connectivity index is 1.56.